The molecule has 1 aliphatic carbocycles. The molecule has 0 aromatic heterocycles. The highest BCUT2D eigenvalue weighted by Crippen LogP contribution is 2.36. The van der Waals surface area contributed by atoms with Crippen molar-refractivity contribution in [2.75, 3.05) is 25.1 Å². The average Bonchev–Trinajstić information content (AvgIpc) is 3.52. The number of anilines is 1. The van der Waals surface area contributed by atoms with Gasteiger partial charge in [-0.15, -0.1) is 0 Å². The third-order valence-electron chi connectivity index (χ3n) is 7.79. The summed E-state index contributed by atoms with van der Waals surface area (Å²) in [7, 11) is -1.33. The number of amides is 2. The lowest BCUT2D eigenvalue weighted by Gasteiger charge is -2.34. The smallest absolute Gasteiger partial charge is 0.264 e. The Hall–Kier alpha value is -4.05. The second-order valence-electron chi connectivity index (χ2n) is 10.8. The topological polar surface area (TPSA) is 105 Å². The van der Waals surface area contributed by atoms with Gasteiger partial charge in [-0.1, -0.05) is 67.8 Å². The monoisotopic (exact) mass is 607 g/mol. The van der Waals surface area contributed by atoms with Crippen LogP contribution in [0.4, 0.5) is 5.69 Å². The molecule has 0 heterocycles. The second-order valence-corrected chi connectivity index (χ2v) is 12.6. The van der Waals surface area contributed by atoms with Crippen LogP contribution in [0.1, 0.15) is 50.2 Å². The van der Waals surface area contributed by atoms with Crippen molar-refractivity contribution in [3.05, 3.63) is 83.9 Å². The van der Waals surface area contributed by atoms with Crippen LogP contribution in [0, 0.1) is 6.92 Å². The number of benzene rings is 3. The number of sulfonamides is 1. The molecule has 1 fully saturated rings. The van der Waals surface area contributed by atoms with Crippen molar-refractivity contribution >= 4 is 27.5 Å². The van der Waals surface area contributed by atoms with Gasteiger partial charge in [-0.05, 0) is 56.0 Å². The third kappa shape index (κ3) is 7.67. The van der Waals surface area contributed by atoms with E-state index in [9.17, 15) is 18.0 Å². The Balaban J connectivity index is 1.77. The van der Waals surface area contributed by atoms with Crippen molar-refractivity contribution in [1.29, 1.82) is 0 Å². The van der Waals surface area contributed by atoms with Gasteiger partial charge in [-0.2, -0.15) is 0 Å². The number of rotatable bonds is 13. The number of hydrogen-bond donors (Lipinski definition) is 1. The predicted octanol–water partition coefficient (Wildman–Crippen LogP) is 5.07. The molecular formula is C33H41N3O6S. The number of nitrogens with zero attached hydrogens (tertiary/aromatic N) is 2. The van der Waals surface area contributed by atoms with Crippen LogP contribution in [0.5, 0.6) is 11.5 Å². The molecule has 1 atom stereocenters. The molecule has 9 nitrogen and oxygen atoms in total. The fraction of sp³-hybridized carbons (Fsp3) is 0.394. The molecule has 0 aliphatic heterocycles. The maximum absolute atomic E-state index is 14.4. The van der Waals surface area contributed by atoms with Crippen molar-refractivity contribution < 1.29 is 27.5 Å². The summed E-state index contributed by atoms with van der Waals surface area (Å²) in [6.07, 6.45) is 4.30. The highest BCUT2D eigenvalue weighted by atomic mass is 32.2. The molecule has 10 heteroatoms. The highest BCUT2D eigenvalue weighted by molar-refractivity contribution is 7.92. The molecule has 3 aromatic carbocycles. The number of methoxy groups -OCH3 is 2. The van der Waals surface area contributed by atoms with Crippen LogP contribution < -0.4 is 19.1 Å². The maximum Gasteiger partial charge on any atom is 0.264 e. The minimum Gasteiger partial charge on any atom is -0.497 e. The van der Waals surface area contributed by atoms with Gasteiger partial charge in [0.15, 0.2) is 0 Å². The zero-order valence-electron chi connectivity index (χ0n) is 25.3. The van der Waals surface area contributed by atoms with E-state index in [1.165, 1.54) is 37.3 Å². The molecule has 3 aromatic rings. The van der Waals surface area contributed by atoms with Gasteiger partial charge in [0.25, 0.3) is 10.0 Å². The van der Waals surface area contributed by atoms with Crippen LogP contribution in [0.15, 0.2) is 77.7 Å². The maximum atomic E-state index is 14.4. The normalized spacial score (nSPS) is 14.1. The van der Waals surface area contributed by atoms with Gasteiger partial charge in [0.2, 0.25) is 11.8 Å². The molecule has 0 radical (unpaired) electrons. The summed E-state index contributed by atoms with van der Waals surface area (Å²) in [5, 5.41) is 3.14. The first kappa shape index (κ1) is 31.9. The minimum atomic E-state index is -4.24. The average molecular weight is 608 g/mol. The number of ether oxygens (including phenoxy) is 2. The number of hydrogen-bond acceptors (Lipinski definition) is 6. The van der Waals surface area contributed by atoms with E-state index in [4.69, 9.17) is 9.47 Å². The number of carbonyl (C=O) groups excluding carboxylic acids is 2. The summed E-state index contributed by atoms with van der Waals surface area (Å²) in [5.74, 6) is -0.0917. The molecule has 0 unspecified atom stereocenters. The molecule has 4 rings (SSSR count). The molecule has 43 heavy (non-hydrogen) atoms. The molecule has 1 saturated carbocycles. The summed E-state index contributed by atoms with van der Waals surface area (Å²) < 4.78 is 40.3. The lowest BCUT2D eigenvalue weighted by Crippen LogP contribution is -2.53. The Morgan fingerprint density at radius 3 is 2.30 bits per heavy atom. The summed E-state index contributed by atoms with van der Waals surface area (Å²) in [4.78, 5) is 29.5. The molecule has 2 amide bonds. The van der Waals surface area contributed by atoms with Crippen LogP contribution in [-0.4, -0.2) is 58.0 Å². The van der Waals surface area contributed by atoms with Crippen molar-refractivity contribution in [2.24, 2.45) is 0 Å². The van der Waals surface area contributed by atoms with Crippen LogP contribution in [0.2, 0.25) is 0 Å². The van der Waals surface area contributed by atoms with Gasteiger partial charge in [0, 0.05) is 18.7 Å². The van der Waals surface area contributed by atoms with Crippen LogP contribution >= 0.6 is 0 Å². The van der Waals surface area contributed by atoms with E-state index in [-0.39, 0.29) is 34.8 Å². The summed E-state index contributed by atoms with van der Waals surface area (Å²) in [5.41, 5.74) is 2.01. The largest absolute Gasteiger partial charge is 0.497 e. The van der Waals surface area contributed by atoms with Crippen LogP contribution in [0.25, 0.3) is 0 Å². The highest BCUT2D eigenvalue weighted by Gasteiger charge is 2.35. The molecule has 0 spiro atoms. The van der Waals surface area contributed by atoms with Crippen LogP contribution in [0.3, 0.4) is 0 Å². The van der Waals surface area contributed by atoms with Gasteiger partial charge < -0.3 is 19.7 Å². The minimum absolute atomic E-state index is 0.0175. The molecule has 230 valence electrons. The van der Waals surface area contributed by atoms with E-state index in [0.29, 0.717) is 12.2 Å². The standard InChI is InChI=1S/C33H41N3O6S/c1-5-29(33(38)34-26-14-9-10-15-26)35(22-25-13-11-12-24(2)20-25)32(37)23-36(43(39,40)28-16-7-6-8-17-28)30-21-27(41-3)18-19-31(30)42-4/h6-8,11-13,16-21,26,29H,5,9-10,14-15,22-23H2,1-4H3,(H,34,38)/t29-/m0/s1. The Kier molecular flexibility index (Phi) is 10.7. The Bertz CT molecular complexity index is 1510. The van der Waals surface area contributed by atoms with E-state index in [1.54, 1.807) is 30.3 Å². The number of carbonyl (C=O) groups is 2. The SMILES string of the molecule is CC[C@@H](C(=O)NC1CCCC1)N(Cc1cccc(C)c1)C(=O)CN(c1cc(OC)ccc1OC)S(=O)(=O)c1ccccc1. The van der Waals surface area contributed by atoms with Gasteiger partial charge >= 0.3 is 0 Å². The lowest BCUT2D eigenvalue weighted by molar-refractivity contribution is -0.140. The summed E-state index contributed by atoms with van der Waals surface area (Å²) in [6, 6.07) is 19.7. The molecule has 1 N–H and O–H groups in total. The van der Waals surface area contributed by atoms with Gasteiger partial charge in [-0.25, -0.2) is 8.42 Å². The zero-order valence-corrected chi connectivity index (χ0v) is 26.1. The van der Waals surface area contributed by atoms with E-state index in [1.807, 2.05) is 38.1 Å². The second kappa shape index (κ2) is 14.4. The van der Waals surface area contributed by atoms with Crippen molar-refractivity contribution in [1.82, 2.24) is 10.2 Å². The van der Waals surface area contributed by atoms with Gasteiger partial charge in [-0.3, -0.25) is 13.9 Å². The first-order chi connectivity index (χ1) is 20.7. The first-order valence-electron chi connectivity index (χ1n) is 14.6. The van der Waals surface area contributed by atoms with Crippen LogP contribution in [-0.2, 0) is 26.2 Å². The Labute approximate surface area is 254 Å². The number of aryl methyl sites for hydroxylation is 1. The van der Waals surface area contributed by atoms with E-state index in [0.717, 1.165) is 41.1 Å². The first-order valence-corrected chi connectivity index (χ1v) is 16.1. The van der Waals surface area contributed by atoms with E-state index in [2.05, 4.69) is 5.32 Å². The lowest BCUT2D eigenvalue weighted by atomic mass is 10.1. The van der Waals surface area contributed by atoms with E-state index >= 15 is 0 Å². The van der Waals surface area contributed by atoms with E-state index < -0.39 is 28.5 Å². The van der Waals surface area contributed by atoms with Crippen molar-refractivity contribution in [2.45, 2.75) is 69.5 Å². The summed E-state index contributed by atoms with van der Waals surface area (Å²) >= 11 is 0. The fourth-order valence-corrected chi connectivity index (χ4v) is 6.96. The summed E-state index contributed by atoms with van der Waals surface area (Å²) in [6.45, 7) is 3.41. The molecule has 0 saturated heterocycles. The number of nitrogens with one attached hydrogen (secondary N) is 1. The fourth-order valence-electron chi connectivity index (χ4n) is 5.52. The molecule has 0 bridgehead atoms. The van der Waals surface area contributed by atoms with Crippen molar-refractivity contribution in [3.8, 4) is 11.5 Å². The Morgan fingerprint density at radius 1 is 0.953 bits per heavy atom. The van der Waals surface area contributed by atoms with Gasteiger partial charge in [0.05, 0.1) is 24.8 Å². The quantitative estimate of drug-likeness (QED) is 0.291. The molecular weight excluding hydrogens is 566 g/mol. The third-order valence-corrected chi connectivity index (χ3v) is 9.56. The Morgan fingerprint density at radius 2 is 1.67 bits per heavy atom. The zero-order chi connectivity index (χ0) is 31.0. The van der Waals surface area contributed by atoms with Gasteiger partial charge in [0.1, 0.15) is 24.1 Å². The predicted molar refractivity (Wildman–Crippen MR) is 167 cm³/mol. The molecule has 1 aliphatic rings. The van der Waals surface area contributed by atoms with Crippen molar-refractivity contribution in [3.63, 3.8) is 0 Å².